The number of nitrogens with zero attached hydrogens (tertiary/aromatic N) is 2. The number of anilines is 2. The monoisotopic (exact) mass is 450 g/mol. The van der Waals surface area contributed by atoms with Crippen LogP contribution in [0.1, 0.15) is 38.3 Å². The molecule has 0 atom stereocenters. The molecule has 0 fully saturated rings. The van der Waals surface area contributed by atoms with Crippen molar-refractivity contribution >= 4 is 28.9 Å². The van der Waals surface area contributed by atoms with Gasteiger partial charge >= 0.3 is 6.03 Å². The zero-order chi connectivity index (χ0) is 24.2. The first-order valence-corrected chi connectivity index (χ1v) is 11.1. The van der Waals surface area contributed by atoms with Crippen LogP contribution in [0.2, 0.25) is 0 Å². The average Bonchev–Trinajstić information content (AvgIpc) is 2.74. The molecule has 0 radical (unpaired) electrons. The molecule has 176 valence electrons. The molecule has 1 aliphatic rings. The molecule has 33 heavy (non-hydrogen) atoms. The van der Waals surface area contributed by atoms with E-state index >= 15 is 0 Å². The van der Waals surface area contributed by atoms with Gasteiger partial charge in [-0.15, -0.1) is 0 Å². The molecule has 0 unspecified atom stereocenters. The Labute approximate surface area is 196 Å². The Balaban J connectivity index is 1.72. The van der Waals surface area contributed by atoms with Gasteiger partial charge in [0.05, 0.1) is 11.2 Å². The number of carbonyl (C=O) groups excluding carboxylic acids is 2. The normalized spacial score (nSPS) is 13.4. The summed E-state index contributed by atoms with van der Waals surface area (Å²) in [5, 5.41) is 5.93. The van der Waals surface area contributed by atoms with Crippen molar-refractivity contribution in [2.75, 3.05) is 44.0 Å². The summed E-state index contributed by atoms with van der Waals surface area (Å²) in [7, 11) is 4.01. The molecule has 3 amide bonds. The maximum absolute atomic E-state index is 12.8. The minimum atomic E-state index is -0.596. The van der Waals surface area contributed by atoms with Crippen LogP contribution in [0.4, 0.5) is 16.2 Å². The standard InChI is InChI=1S/C26H34N4O3/c1-18(2)19-9-7-10-20(15-19)26(3,4)28-25(32)27-21-11-12-23-22(16-21)30(24(31)17-33-23)14-8-13-29(5)6/h7,9-12,15-16H,1,8,13-14,17H2,2-6H3,(H2,27,28,32). The second kappa shape index (κ2) is 10.1. The van der Waals surface area contributed by atoms with Gasteiger partial charge in [-0.3, -0.25) is 4.79 Å². The molecular weight excluding hydrogens is 416 g/mol. The predicted molar refractivity (Wildman–Crippen MR) is 134 cm³/mol. The van der Waals surface area contributed by atoms with E-state index in [2.05, 4.69) is 22.1 Å². The number of fused-ring (bicyclic) bond motifs is 1. The number of benzene rings is 2. The second-order valence-electron chi connectivity index (χ2n) is 9.24. The summed E-state index contributed by atoms with van der Waals surface area (Å²) in [6, 6.07) is 13.0. The third kappa shape index (κ3) is 6.14. The van der Waals surface area contributed by atoms with E-state index in [4.69, 9.17) is 4.74 Å². The van der Waals surface area contributed by atoms with Crippen molar-refractivity contribution in [2.24, 2.45) is 0 Å². The van der Waals surface area contributed by atoms with E-state index in [0.717, 1.165) is 29.7 Å². The van der Waals surface area contributed by atoms with Crippen LogP contribution in [0.15, 0.2) is 49.0 Å². The maximum atomic E-state index is 12.8. The smallest absolute Gasteiger partial charge is 0.319 e. The van der Waals surface area contributed by atoms with Crippen molar-refractivity contribution in [1.82, 2.24) is 10.2 Å². The van der Waals surface area contributed by atoms with E-state index in [-0.39, 0.29) is 18.5 Å². The number of allylic oxidation sites excluding steroid dienone is 1. The van der Waals surface area contributed by atoms with Gasteiger partial charge in [0.25, 0.3) is 5.91 Å². The van der Waals surface area contributed by atoms with E-state index in [9.17, 15) is 9.59 Å². The van der Waals surface area contributed by atoms with Crippen LogP contribution in [-0.2, 0) is 10.3 Å². The van der Waals surface area contributed by atoms with Crippen molar-refractivity contribution < 1.29 is 14.3 Å². The van der Waals surface area contributed by atoms with Gasteiger partial charge < -0.3 is 25.2 Å². The largest absolute Gasteiger partial charge is 0.482 e. The van der Waals surface area contributed by atoms with Gasteiger partial charge in [-0.2, -0.15) is 0 Å². The summed E-state index contributed by atoms with van der Waals surface area (Å²) in [5.41, 5.74) is 3.66. The molecule has 0 aliphatic carbocycles. The van der Waals surface area contributed by atoms with E-state index < -0.39 is 5.54 Å². The second-order valence-corrected chi connectivity index (χ2v) is 9.24. The Morgan fingerprint density at radius 1 is 1.21 bits per heavy atom. The van der Waals surface area contributed by atoms with Crippen LogP contribution in [0.5, 0.6) is 5.75 Å². The molecular formula is C26H34N4O3. The highest BCUT2D eigenvalue weighted by Gasteiger charge is 2.27. The average molecular weight is 451 g/mol. The lowest BCUT2D eigenvalue weighted by Gasteiger charge is -2.30. The Hall–Kier alpha value is -3.32. The first-order chi connectivity index (χ1) is 15.6. The van der Waals surface area contributed by atoms with E-state index in [1.165, 1.54) is 0 Å². The zero-order valence-electron chi connectivity index (χ0n) is 20.2. The Bertz CT molecular complexity index is 1050. The van der Waals surface area contributed by atoms with Crippen molar-refractivity contribution in [3.05, 3.63) is 60.2 Å². The molecule has 0 saturated heterocycles. The van der Waals surface area contributed by atoms with Crippen molar-refractivity contribution in [1.29, 1.82) is 0 Å². The van der Waals surface area contributed by atoms with Crippen molar-refractivity contribution in [2.45, 2.75) is 32.7 Å². The molecule has 1 aliphatic heterocycles. The van der Waals surface area contributed by atoms with Crippen molar-refractivity contribution in [3.8, 4) is 5.75 Å². The van der Waals surface area contributed by atoms with Gasteiger partial charge in [-0.25, -0.2) is 4.79 Å². The molecule has 1 heterocycles. The highest BCUT2D eigenvalue weighted by atomic mass is 16.5. The number of nitrogens with one attached hydrogen (secondary N) is 2. The summed E-state index contributed by atoms with van der Waals surface area (Å²) < 4.78 is 5.59. The van der Waals surface area contributed by atoms with Crippen LogP contribution in [-0.4, -0.2) is 50.6 Å². The number of hydrogen-bond acceptors (Lipinski definition) is 4. The lowest BCUT2D eigenvalue weighted by Crippen LogP contribution is -2.43. The summed E-state index contributed by atoms with van der Waals surface area (Å²) >= 11 is 0. The quantitative estimate of drug-likeness (QED) is 0.623. The lowest BCUT2D eigenvalue weighted by atomic mass is 9.92. The molecule has 2 aromatic carbocycles. The number of urea groups is 1. The van der Waals surface area contributed by atoms with Gasteiger partial charge in [0, 0.05) is 12.2 Å². The van der Waals surface area contributed by atoms with Crippen LogP contribution in [0.3, 0.4) is 0 Å². The number of rotatable bonds is 8. The SMILES string of the molecule is C=C(C)c1cccc(C(C)(C)NC(=O)Nc2ccc3c(c2)N(CCCN(C)C)C(=O)CO3)c1. The topological polar surface area (TPSA) is 73.9 Å². The number of hydrogen-bond donors (Lipinski definition) is 2. The molecule has 2 aromatic rings. The first-order valence-electron chi connectivity index (χ1n) is 11.1. The van der Waals surface area contributed by atoms with Gasteiger partial charge in [0.2, 0.25) is 0 Å². The summed E-state index contributed by atoms with van der Waals surface area (Å²) in [5.74, 6) is 0.559. The first kappa shape index (κ1) is 24.3. The van der Waals surface area contributed by atoms with E-state index in [1.54, 1.807) is 23.1 Å². The minimum absolute atomic E-state index is 0.0274. The highest BCUT2D eigenvalue weighted by Crippen LogP contribution is 2.35. The highest BCUT2D eigenvalue weighted by molar-refractivity contribution is 5.99. The van der Waals surface area contributed by atoms with Crippen LogP contribution < -0.4 is 20.3 Å². The Morgan fingerprint density at radius 2 is 1.97 bits per heavy atom. The van der Waals surface area contributed by atoms with E-state index in [1.807, 2.05) is 59.1 Å². The molecule has 0 bridgehead atoms. The fourth-order valence-corrected chi connectivity index (χ4v) is 3.76. The fourth-order valence-electron chi connectivity index (χ4n) is 3.76. The van der Waals surface area contributed by atoms with Gasteiger partial charge in [0.1, 0.15) is 5.75 Å². The minimum Gasteiger partial charge on any atom is -0.482 e. The van der Waals surface area contributed by atoms with Crippen molar-refractivity contribution in [3.63, 3.8) is 0 Å². The predicted octanol–water partition coefficient (Wildman–Crippen LogP) is 4.45. The van der Waals surface area contributed by atoms with Crippen LogP contribution in [0, 0.1) is 0 Å². The van der Waals surface area contributed by atoms with Crippen LogP contribution in [0.25, 0.3) is 5.57 Å². The Morgan fingerprint density at radius 3 is 2.67 bits per heavy atom. The number of ether oxygens (including phenoxy) is 1. The Kier molecular flexibility index (Phi) is 7.43. The van der Waals surface area contributed by atoms with Crippen LogP contribution >= 0.6 is 0 Å². The van der Waals surface area contributed by atoms with Gasteiger partial charge in [0.15, 0.2) is 6.61 Å². The van der Waals surface area contributed by atoms with E-state index in [0.29, 0.717) is 23.7 Å². The third-order valence-corrected chi connectivity index (χ3v) is 5.65. The van der Waals surface area contributed by atoms with Gasteiger partial charge in [-0.1, -0.05) is 30.4 Å². The summed E-state index contributed by atoms with van der Waals surface area (Å²) in [6.45, 7) is 11.4. The molecule has 0 spiro atoms. The maximum Gasteiger partial charge on any atom is 0.319 e. The lowest BCUT2D eigenvalue weighted by molar-refractivity contribution is -0.121. The molecule has 7 heteroatoms. The number of carbonyl (C=O) groups is 2. The molecule has 0 saturated carbocycles. The third-order valence-electron chi connectivity index (χ3n) is 5.65. The molecule has 0 aromatic heterocycles. The summed E-state index contributed by atoms with van der Waals surface area (Å²) in [4.78, 5) is 29.1. The molecule has 2 N–H and O–H groups in total. The zero-order valence-corrected chi connectivity index (χ0v) is 20.2. The van der Waals surface area contributed by atoms with Gasteiger partial charge in [-0.05, 0) is 83.2 Å². The molecule has 3 rings (SSSR count). The fraction of sp³-hybridized carbons (Fsp3) is 0.385. The molecule has 7 nitrogen and oxygen atoms in total. The summed E-state index contributed by atoms with van der Waals surface area (Å²) in [6.07, 6.45) is 0.841. The number of amides is 3.